The number of hydrogen-bond acceptors (Lipinski definition) is 1. The van der Waals surface area contributed by atoms with Crippen molar-refractivity contribution in [2.24, 2.45) is 0 Å². The van der Waals surface area contributed by atoms with Gasteiger partial charge in [0.05, 0.1) is 0 Å². The fourth-order valence-electron chi connectivity index (χ4n) is 0. The van der Waals surface area contributed by atoms with Crippen molar-refractivity contribution < 1.29 is 15.3 Å². The molecule has 0 heterocycles. The molecule has 1 nitrogen and oxygen atoms in total. The maximum absolute atomic E-state index is 7.49. The summed E-state index contributed by atoms with van der Waals surface area (Å²) in [7, 11) is 0. The molecule has 0 saturated carbocycles. The first kappa shape index (κ1) is 3.87. The second kappa shape index (κ2) is 2.87. The van der Waals surface area contributed by atoms with Crippen LogP contribution in [0.25, 0.3) is 0 Å². The van der Waals surface area contributed by atoms with Crippen LogP contribution >= 0.6 is 0 Å². The molecule has 0 aliphatic rings. The molecule has 0 spiro atoms. The van der Waals surface area contributed by atoms with Gasteiger partial charge in [-0.2, -0.15) is 0 Å². The first-order valence-corrected chi connectivity index (χ1v) is 1.31. The molecule has 0 aliphatic heterocycles. The summed E-state index contributed by atoms with van der Waals surface area (Å²) in [5.41, 5.74) is 0. The van der Waals surface area contributed by atoms with Crippen molar-refractivity contribution in [1.82, 2.24) is 0 Å². The zero-order chi connectivity index (χ0) is 3.41. The summed E-state index contributed by atoms with van der Waals surface area (Å²) < 4.78 is 0. The number of rotatable bonds is 0. The van der Waals surface area contributed by atoms with Gasteiger partial charge in [0, 0.05) is 0 Å². The Morgan fingerprint density at radius 2 is 2.25 bits per heavy atom. The normalized spacial score (nSPS) is 4.00. The second-order valence-electron chi connectivity index (χ2n) is 0.225. The van der Waals surface area contributed by atoms with Crippen molar-refractivity contribution >= 4 is 4.96 Å². The minimum atomic E-state index is 1.12. The summed E-state index contributed by atoms with van der Waals surface area (Å²) in [4.78, 5) is 1.12. The Morgan fingerprint density at radius 3 is 2.25 bits per heavy atom. The van der Waals surface area contributed by atoms with Gasteiger partial charge in [-0.15, -0.1) is 0 Å². The number of nitriles is 1. The Kier molecular flexibility index (Phi) is 2.77. The molecule has 2 heteroatoms. The predicted octanol–water partition coefficient (Wildman–Crippen LogP) is -0.141. The summed E-state index contributed by atoms with van der Waals surface area (Å²) >= 11 is 3.47. The molecular formula is C2HCoN. The standard InChI is InChI=1S/C2HN.Co/c1-2-3;/h1H;. The van der Waals surface area contributed by atoms with Crippen LogP contribution in [0.1, 0.15) is 0 Å². The molecule has 0 fully saturated rings. The third-order valence-corrected chi connectivity index (χ3v) is 0.177. The summed E-state index contributed by atoms with van der Waals surface area (Å²) in [6.45, 7) is 0. The van der Waals surface area contributed by atoms with Gasteiger partial charge in [-0.05, 0) is 0 Å². The fourth-order valence-corrected chi connectivity index (χ4v) is 0. The van der Waals surface area contributed by atoms with E-state index in [2.05, 4.69) is 15.3 Å². The molecule has 0 N–H and O–H groups in total. The molecule has 4 heavy (non-hydrogen) atoms. The van der Waals surface area contributed by atoms with Gasteiger partial charge in [0.15, 0.2) is 0 Å². The quantitative estimate of drug-likeness (QED) is 0.413. The van der Waals surface area contributed by atoms with Crippen molar-refractivity contribution in [3.63, 3.8) is 0 Å². The molecule has 0 aliphatic carbocycles. The number of nitrogens with zero attached hydrogens (tertiary/aromatic N) is 1. The van der Waals surface area contributed by atoms with Gasteiger partial charge in [0.25, 0.3) is 0 Å². The van der Waals surface area contributed by atoms with Crippen molar-refractivity contribution in [2.45, 2.75) is 0 Å². The Bertz CT molecular complexity index is 51.5. The van der Waals surface area contributed by atoms with Gasteiger partial charge < -0.3 is 0 Å². The van der Waals surface area contributed by atoms with Crippen LogP contribution in [-0.4, -0.2) is 4.96 Å². The van der Waals surface area contributed by atoms with E-state index in [0.29, 0.717) is 0 Å². The predicted molar refractivity (Wildman–Crippen MR) is 11.7 cm³/mol. The molecule has 0 bridgehead atoms. The van der Waals surface area contributed by atoms with Crippen LogP contribution in [0.2, 0.25) is 0 Å². The van der Waals surface area contributed by atoms with E-state index in [1.54, 1.807) is 6.07 Å². The molecule has 0 aromatic heterocycles. The zero-order valence-electron chi connectivity index (χ0n) is 1.86. The second-order valence-corrected chi connectivity index (χ2v) is 0.526. The minimum absolute atomic E-state index is 1.12. The van der Waals surface area contributed by atoms with Gasteiger partial charge in [0.1, 0.15) is 0 Å². The zero-order valence-corrected chi connectivity index (χ0v) is 2.90. The van der Waals surface area contributed by atoms with Crippen LogP contribution in [0, 0.1) is 11.3 Å². The molecule has 0 rings (SSSR count). The van der Waals surface area contributed by atoms with Crippen molar-refractivity contribution in [1.29, 1.82) is 5.26 Å². The summed E-state index contributed by atoms with van der Waals surface area (Å²) in [6, 6.07) is 1.67. The third kappa shape index (κ3) is 1.87. The van der Waals surface area contributed by atoms with Gasteiger partial charge in [-0.25, -0.2) is 0 Å². The molecule has 0 atom stereocenters. The van der Waals surface area contributed by atoms with E-state index in [1.165, 1.54) is 0 Å². The van der Waals surface area contributed by atoms with Gasteiger partial charge in [0.2, 0.25) is 0 Å². The third-order valence-electron chi connectivity index (χ3n) is 0.0430. The van der Waals surface area contributed by atoms with Gasteiger partial charge >= 0.3 is 31.6 Å². The summed E-state index contributed by atoms with van der Waals surface area (Å²) in [6.07, 6.45) is 0. The Balaban J connectivity index is 2.92. The van der Waals surface area contributed by atoms with Crippen LogP contribution in [0.4, 0.5) is 0 Å². The molecule has 0 saturated heterocycles. The molecule has 0 amide bonds. The SMILES string of the molecule is N#C[CH]=[Co]. The van der Waals surface area contributed by atoms with Crippen LogP contribution in [0.5, 0.6) is 0 Å². The van der Waals surface area contributed by atoms with Crippen LogP contribution in [0.3, 0.4) is 0 Å². The molecule has 0 radical (unpaired) electrons. The van der Waals surface area contributed by atoms with Gasteiger partial charge in [-0.3, -0.25) is 0 Å². The van der Waals surface area contributed by atoms with E-state index in [4.69, 9.17) is 5.26 Å². The Labute approximate surface area is 32.4 Å². The van der Waals surface area contributed by atoms with Crippen molar-refractivity contribution in [3.05, 3.63) is 0 Å². The van der Waals surface area contributed by atoms with E-state index in [9.17, 15) is 0 Å². The Morgan fingerprint density at radius 1 is 2.00 bits per heavy atom. The first-order valence-electron chi connectivity index (χ1n) is 0.705. The summed E-state index contributed by atoms with van der Waals surface area (Å²) in [5, 5.41) is 7.49. The fraction of sp³-hybridized carbons (Fsp3) is 0. The van der Waals surface area contributed by atoms with Crippen LogP contribution in [-0.2, 0) is 15.3 Å². The molecule has 23 valence electrons. The summed E-state index contributed by atoms with van der Waals surface area (Å²) in [5.74, 6) is 0. The Hall–Kier alpha value is -0.134. The molecule has 0 aromatic rings. The monoisotopic (exact) mass is 97.9 g/mol. The molecule has 0 aromatic carbocycles. The average molecular weight is 98.0 g/mol. The van der Waals surface area contributed by atoms with E-state index in [1.807, 2.05) is 0 Å². The van der Waals surface area contributed by atoms with E-state index >= 15 is 0 Å². The maximum atomic E-state index is 7.49. The van der Waals surface area contributed by atoms with E-state index in [-0.39, 0.29) is 0 Å². The number of hydrogen-bond donors (Lipinski definition) is 0. The topological polar surface area (TPSA) is 23.8 Å². The van der Waals surface area contributed by atoms with Crippen molar-refractivity contribution in [2.75, 3.05) is 0 Å². The average Bonchev–Trinajstić information content (AvgIpc) is 1.37. The van der Waals surface area contributed by atoms with Crippen LogP contribution in [0.15, 0.2) is 0 Å². The van der Waals surface area contributed by atoms with Crippen molar-refractivity contribution in [3.8, 4) is 6.07 Å². The molecule has 0 unspecified atom stereocenters. The first-order chi connectivity index (χ1) is 1.91. The van der Waals surface area contributed by atoms with E-state index < -0.39 is 0 Å². The van der Waals surface area contributed by atoms with E-state index in [0.717, 1.165) is 4.96 Å². The molecular weight excluding hydrogens is 97.0 g/mol. The van der Waals surface area contributed by atoms with Gasteiger partial charge in [-0.1, -0.05) is 0 Å². The van der Waals surface area contributed by atoms with Crippen LogP contribution < -0.4 is 0 Å².